The Kier molecular flexibility index (Phi) is 12.7. The number of rotatable bonds is 12. The van der Waals surface area contributed by atoms with E-state index in [1.807, 2.05) is 55.1 Å². The number of carbonyl (C=O) groups excluding carboxylic acids is 4. The van der Waals surface area contributed by atoms with Crippen molar-refractivity contribution >= 4 is 81.1 Å². The number of likely N-dealkylation sites (N-methyl/N-ethyl adjacent to an activating group) is 1. The van der Waals surface area contributed by atoms with Crippen LogP contribution in [0, 0.1) is 5.41 Å². The van der Waals surface area contributed by atoms with Gasteiger partial charge in [0, 0.05) is 62.8 Å². The summed E-state index contributed by atoms with van der Waals surface area (Å²) < 4.78 is 8.79. The van der Waals surface area contributed by atoms with Crippen LogP contribution in [0.3, 0.4) is 0 Å². The number of piperidine rings is 1. The molecule has 1 saturated heterocycles. The summed E-state index contributed by atoms with van der Waals surface area (Å²) in [5, 5.41) is 15.6. The zero-order valence-corrected chi connectivity index (χ0v) is 32.1. The zero-order chi connectivity index (χ0) is 39.9. The molecule has 6 rings (SSSR count). The molecule has 1 atom stereocenters. The first-order chi connectivity index (χ1) is 26.4. The van der Waals surface area contributed by atoms with Crippen LogP contribution in [0.5, 0.6) is 5.75 Å². The average Bonchev–Trinajstić information content (AvgIpc) is 3.50. The monoisotopic (exact) mass is 772 g/mol. The van der Waals surface area contributed by atoms with Crippen LogP contribution in [0.2, 0.25) is 5.02 Å². The number of halogens is 1. The van der Waals surface area contributed by atoms with Gasteiger partial charge in [-0.05, 0) is 68.7 Å². The van der Waals surface area contributed by atoms with Crippen LogP contribution >= 0.6 is 11.6 Å². The van der Waals surface area contributed by atoms with Crippen molar-refractivity contribution < 1.29 is 23.9 Å². The molecule has 0 bridgehead atoms. The number of hydrogen-bond donors (Lipinski definition) is 4. The van der Waals surface area contributed by atoms with E-state index in [9.17, 15) is 19.2 Å². The molecule has 0 aliphatic carbocycles. The number of pyridine rings is 1. The fraction of sp³-hybridized carbons (Fsp3) is 0.368. The van der Waals surface area contributed by atoms with Gasteiger partial charge in [-0.2, -0.15) is 10.1 Å². The van der Waals surface area contributed by atoms with Crippen LogP contribution in [-0.4, -0.2) is 75.6 Å². The van der Waals surface area contributed by atoms with Crippen molar-refractivity contribution in [2.24, 2.45) is 25.2 Å². The third-order valence-corrected chi connectivity index (χ3v) is 10.1. The van der Waals surface area contributed by atoms with Gasteiger partial charge in [0.2, 0.25) is 24.2 Å². The summed E-state index contributed by atoms with van der Waals surface area (Å²) >= 11 is 6.52. The molecule has 2 aromatic carbocycles. The highest BCUT2D eigenvalue weighted by Gasteiger charge is 2.38. The lowest BCUT2D eigenvalue weighted by Gasteiger charge is -2.38. The van der Waals surface area contributed by atoms with E-state index in [4.69, 9.17) is 26.1 Å². The standard InChI is InChI=1S/C37H42ClN9O5.CH3NO/c1-6-52-30-19-22-18-23(10-12-28(22)45(4)34(30)50)41-32-27(38)21-40-36(43-32)47-15-13-37(2,14-16-47)35(51)42-24-9-11-25-29(20-24)46(5)44-31(25)26(8-7-17-48)33(49)39-3;2-1-3/h9-12,17-21,26H,6-8,13-16H2,1-5H3,(H,39,49)(H,42,51)(H,40,41,43);1H,(H2,2,3). The van der Waals surface area contributed by atoms with E-state index in [1.165, 1.54) is 0 Å². The van der Waals surface area contributed by atoms with E-state index < -0.39 is 11.3 Å². The van der Waals surface area contributed by atoms with Crippen molar-refractivity contribution in [1.82, 2.24) is 29.6 Å². The van der Waals surface area contributed by atoms with Crippen LogP contribution in [0.25, 0.3) is 21.8 Å². The third-order valence-electron chi connectivity index (χ3n) is 9.79. The number of nitrogens with zero attached hydrogens (tertiary/aromatic N) is 6. The first-order valence-corrected chi connectivity index (χ1v) is 18.2. The van der Waals surface area contributed by atoms with Crippen LogP contribution < -0.4 is 36.9 Å². The Morgan fingerprint density at radius 2 is 1.78 bits per heavy atom. The quantitative estimate of drug-likeness (QED) is 0.132. The van der Waals surface area contributed by atoms with Crippen molar-refractivity contribution in [1.29, 1.82) is 0 Å². The number of carbonyl (C=O) groups is 4. The molecule has 4 heterocycles. The molecule has 16 nitrogen and oxygen atoms in total. The van der Waals surface area contributed by atoms with Crippen molar-refractivity contribution in [3.05, 3.63) is 69.7 Å². The predicted molar refractivity (Wildman–Crippen MR) is 212 cm³/mol. The van der Waals surface area contributed by atoms with Crippen LogP contribution in [-0.2, 0) is 33.3 Å². The van der Waals surface area contributed by atoms with Gasteiger partial charge in [0.05, 0.1) is 40.9 Å². The number of amides is 3. The summed E-state index contributed by atoms with van der Waals surface area (Å²) in [4.78, 5) is 69.8. The van der Waals surface area contributed by atoms with Crippen LogP contribution in [0.4, 0.5) is 23.1 Å². The molecular formula is C38H45ClN10O6. The van der Waals surface area contributed by atoms with Gasteiger partial charge in [-0.15, -0.1) is 0 Å². The number of hydrogen-bond acceptors (Lipinski definition) is 11. The van der Waals surface area contributed by atoms with Crippen molar-refractivity contribution in [3.63, 3.8) is 0 Å². The number of primary amides is 1. The Balaban J connectivity index is 0.00000187. The molecule has 55 heavy (non-hydrogen) atoms. The van der Waals surface area contributed by atoms with Gasteiger partial charge in [-0.25, -0.2) is 4.98 Å². The summed E-state index contributed by atoms with van der Waals surface area (Å²) in [6, 6.07) is 12.9. The molecule has 17 heteroatoms. The second-order valence-corrected chi connectivity index (χ2v) is 13.8. The number of aromatic nitrogens is 5. The topological polar surface area (TPSA) is 208 Å². The van der Waals surface area contributed by atoms with Gasteiger partial charge < -0.3 is 40.7 Å². The van der Waals surface area contributed by atoms with Crippen molar-refractivity contribution in [2.45, 2.75) is 45.4 Å². The van der Waals surface area contributed by atoms with E-state index in [2.05, 4.69) is 31.8 Å². The first-order valence-electron chi connectivity index (χ1n) is 17.8. The zero-order valence-electron chi connectivity index (χ0n) is 31.4. The number of ether oxygens (including phenoxy) is 1. The number of aryl methyl sites for hydroxylation is 2. The molecule has 1 unspecified atom stereocenters. The maximum absolute atomic E-state index is 13.7. The average molecular weight is 773 g/mol. The molecule has 5 aromatic rings. The normalized spacial score (nSPS) is 14.0. The Hall–Kier alpha value is -6.03. The Morgan fingerprint density at radius 3 is 2.45 bits per heavy atom. The fourth-order valence-electron chi connectivity index (χ4n) is 6.66. The highest BCUT2D eigenvalue weighted by Crippen LogP contribution is 2.36. The van der Waals surface area contributed by atoms with E-state index in [0.717, 1.165) is 33.8 Å². The number of fused-ring (bicyclic) bond motifs is 2. The van der Waals surface area contributed by atoms with Gasteiger partial charge in [0.15, 0.2) is 11.6 Å². The van der Waals surface area contributed by atoms with Gasteiger partial charge in [0.1, 0.15) is 11.3 Å². The molecule has 0 saturated carbocycles. The highest BCUT2D eigenvalue weighted by molar-refractivity contribution is 6.33. The SMILES string of the molecule is CCOc1cc2cc(Nc3nc(N4CCC(C)(C(=O)Nc5ccc6c(C(CCC=O)C(=O)NC)nn(C)c6c5)CC4)ncc3Cl)ccc2n(C)c1=O.NC=O. The number of nitrogens with one attached hydrogen (secondary N) is 3. The van der Waals surface area contributed by atoms with Gasteiger partial charge in [-0.3, -0.25) is 23.9 Å². The van der Waals surface area contributed by atoms with Crippen LogP contribution in [0.15, 0.2) is 53.5 Å². The Labute approximate surface area is 322 Å². The summed E-state index contributed by atoms with van der Waals surface area (Å²) in [6.07, 6.45) is 4.35. The van der Waals surface area contributed by atoms with E-state index in [0.29, 0.717) is 67.1 Å². The molecule has 1 fully saturated rings. The molecule has 5 N–H and O–H groups in total. The van der Waals surface area contributed by atoms with Crippen molar-refractivity contribution in [3.8, 4) is 5.75 Å². The summed E-state index contributed by atoms with van der Waals surface area (Å²) in [5.41, 5.74) is 6.81. The molecule has 1 aliphatic rings. The minimum Gasteiger partial charge on any atom is -0.488 e. The molecule has 0 radical (unpaired) electrons. The van der Waals surface area contributed by atoms with Crippen molar-refractivity contribution in [2.75, 3.05) is 42.3 Å². The molecular weight excluding hydrogens is 728 g/mol. The van der Waals surface area contributed by atoms with E-state index in [-0.39, 0.29) is 36.0 Å². The van der Waals surface area contributed by atoms with Gasteiger partial charge in [-0.1, -0.05) is 18.5 Å². The summed E-state index contributed by atoms with van der Waals surface area (Å²) in [7, 11) is 5.07. The molecule has 3 amide bonds. The lowest BCUT2D eigenvalue weighted by atomic mass is 9.79. The summed E-state index contributed by atoms with van der Waals surface area (Å²) in [6.45, 7) is 5.29. The number of aldehydes is 1. The maximum Gasteiger partial charge on any atom is 0.293 e. The molecule has 290 valence electrons. The second kappa shape index (κ2) is 17.4. The molecule has 1 aliphatic heterocycles. The first kappa shape index (κ1) is 40.2. The second-order valence-electron chi connectivity index (χ2n) is 13.4. The smallest absolute Gasteiger partial charge is 0.293 e. The van der Waals surface area contributed by atoms with E-state index >= 15 is 0 Å². The predicted octanol–water partition coefficient (Wildman–Crippen LogP) is 4.17. The third kappa shape index (κ3) is 8.70. The largest absolute Gasteiger partial charge is 0.488 e. The Bertz CT molecular complexity index is 2280. The highest BCUT2D eigenvalue weighted by atomic mass is 35.5. The molecule has 0 spiro atoms. The summed E-state index contributed by atoms with van der Waals surface area (Å²) in [5.74, 6) is 0.357. The van der Waals surface area contributed by atoms with E-state index in [1.54, 1.807) is 42.7 Å². The lowest BCUT2D eigenvalue weighted by Crippen LogP contribution is -2.45. The maximum atomic E-state index is 13.7. The Morgan fingerprint density at radius 1 is 1.07 bits per heavy atom. The number of anilines is 4. The van der Waals surface area contributed by atoms with Gasteiger partial charge >= 0.3 is 0 Å². The number of benzene rings is 2. The number of nitrogens with two attached hydrogens (primary N) is 1. The lowest BCUT2D eigenvalue weighted by molar-refractivity contribution is -0.126. The van der Waals surface area contributed by atoms with Crippen LogP contribution in [0.1, 0.15) is 51.1 Å². The van der Waals surface area contributed by atoms with Gasteiger partial charge in [0.25, 0.3) is 5.56 Å². The molecule has 3 aromatic heterocycles. The fourth-order valence-corrected chi connectivity index (χ4v) is 6.79. The minimum atomic E-state index is -0.638. The minimum absolute atomic E-state index is 0.0937.